The Balaban J connectivity index is 2.30. The predicted octanol–water partition coefficient (Wildman–Crippen LogP) is 2.77. The number of aliphatic hydroxyl groups excluding tert-OH is 1. The van der Waals surface area contributed by atoms with Crippen molar-refractivity contribution < 1.29 is 17.9 Å². The highest BCUT2D eigenvalue weighted by atomic mass is 35.5. The maximum Gasteiger partial charge on any atom is 0.263 e. The normalized spacial score (nSPS) is 11.3. The summed E-state index contributed by atoms with van der Waals surface area (Å²) in [4.78, 5) is -0.202. The van der Waals surface area contributed by atoms with Gasteiger partial charge in [-0.1, -0.05) is 23.7 Å². The van der Waals surface area contributed by atoms with Crippen molar-refractivity contribution in [3.05, 3.63) is 58.9 Å². The Bertz CT molecular complexity index is 717. The molecule has 0 saturated carbocycles. The highest BCUT2D eigenvalue weighted by Crippen LogP contribution is 2.24. The van der Waals surface area contributed by atoms with Gasteiger partial charge in [-0.2, -0.15) is 0 Å². The molecular formula is C13H11ClFNO3S. The molecule has 0 bridgehead atoms. The van der Waals surface area contributed by atoms with Gasteiger partial charge in [-0.15, -0.1) is 0 Å². The van der Waals surface area contributed by atoms with Crippen LogP contribution in [0.25, 0.3) is 0 Å². The van der Waals surface area contributed by atoms with Crippen molar-refractivity contribution in [2.45, 2.75) is 11.5 Å². The minimum Gasteiger partial charge on any atom is -0.392 e. The molecular weight excluding hydrogens is 305 g/mol. The van der Waals surface area contributed by atoms with Crippen molar-refractivity contribution in [2.75, 3.05) is 4.72 Å². The Morgan fingerprint density at radius 3 is 2.35 bits per heavy atom. The zero-order valence-corrected chi connectivity index (χ0v) is 11.7. The SMILES string of the molecule is O=S(=O)(Nc1ccc(CO)cc1)c1ccc(F)cc1Cl. The van der Waals surface area contributed by atoms with Crippen molar-refractivity contribution in [1.29, 1.82) is 0 Å². The number of nitrogens with one attached hydrogen (secondary N) is 1. The van der Waals surface area contributed by atoms with Gasteiger partial charge in [0.2, 0.25) is 0 Å². The summed E-state index contributed by atoms with van der Waals surface area (Å²) in [7, 11) is -3.89. The molecule has 2 N–H and O–H groups in total. The topological polar surface area (TPSA) is 66.4 Å². The molecule has 2 rings (SSSR count). The molecule has 0 amide bonds. The molecule has 0 atom stereocenters. The molecule has 0 heterocycles. The molecule has 7 heteroatoms. The van der Waals surface area contributed by atoms with E-state index in [2.05, 4.69) is 4.72 Å². The van der Waals surface area contributed by atoms with Crippen LogP contribution in [0.15, 0.2) is 47.4 Å². The molecule has 0 unspecified atom stereocenters. The lowest BCUT2D eigenvalue weighted by molar-refractivity contribution is 0.282. The van der Waals surface area contributed by atoms with E-state index in [1.807, 2.05) is 0 Å². The number of benzene rings is 2. The van der Waals surface area contributed by atoms with Crippen molar-refractivity contribution in [3.8, 4) is 0 Å². The Morgan fingerprint density at radius 1 is 1.15 bits per heavy atom. The quantitative estimate of drug-likeness (QED) is 0.911. The van der Waals surface area contributed by atoms with E-state index in [-0.39, 0.29) is 16.5 Å². The number of hydrogen-bond acceptors (Lipinski definition) is 3. The lowest BCUT2D eigenvalue weighted by Gasteiger charge is -2.09. The molecule has 0 aliphatic rings. The molecule has 0 radical (unpaired) electrons. The van der Waals surface area contributed by atoms with Gasteiger partial charge in [0, 0.05) is 5.69 Å². The monoisotopic (exact) mass is 315 g/mol. The van der Waals surface area contributed by atoms with E-state index in [4.69, 9.17) is 16.7 Å². The van der Waals surface area contributed by atoms with E-state index in [1.165, 1.54) is 12.1 Å². The maximum atomic E-state index is 12.9. The molecule has 0 fully saturated rings. The Hall–Kier alpha value is -1.63. The van der Waals surface area contributed by atoms with E-state index in [9.17, 15) is 12.8 Å². The highest BCUT2D eigenvalue weighted by Gasteiger charge is 2.18. The van der Waals surface area contributed by atoms with Gasteiger partial charge in [-0.3, -0.25) is 4.72 Å². The standard InChI is InChI=1S/C13H11ClFNO3S/c14-12-7-10(15)3-6-13(12)20(18,19)16-11-4-1-9(8-17)2-5-11/h1-7,16-17H,8H2. The molecule has 2 aromatic rings. The van der Waals surface area contributed by atoms with Gasteiger partial charge in [0.25, 0.3) is 10.0 Å². The largest absolute Gasteiger partial charge is 0.392 e. The van der Waals surface area contributed by atoms with E-state index >= 15 is 0 Å². The third-order valence-electron chi connectivity index (χ3n) is 2.57. The Morgan fingerprint density at radius 2 is 1.80 bits per heavy atom. The van der Waals surface area contributed by atoms with Gasteiger partial charge in [-0.05, 0) is 35.9 Å². The lowest BCUT2D eigenvalue weighted by atomic mass is 10.2. The van der Waals surface area contributed by atoms with E-state index in [0.29, 0.717) is 11.3 Å². The average Bonchev–Trinajstić information content (AvgIpc) is 2.38. The van der Waals surface area contributed by atoms with Crippen LogP contribution in [0.2, 0.25) is 5.02 Å². The summed E-state index contributed by atoms with van der Waals surface area (Å²) in [5.74, 6) is -0.610. The minimum absolute atomic E-state index is 0.128. The van der Waals surface area contributed by atoms with E-state index in [0.717, 1.165) is 18.2 Å². The van der Waals surface area contributed by atoms with Crippen LogP contribution in [-0.4, -0.2) is 13.5 Å². The van der Waals surface area contributed by atoms with Crippen LogP contribution < -0.4 is 4.72 Å². The van der Waals surface area contributed by atoms with Crippen LogP contribution in [0.5, 0.6) is 0 Å². The second kappa shape index (κ2) is 5.78. The number of rotatable bonds is 4. The summed E-state index contributed by atoms with van der Waals surface area (Å²) in [6, 6.07) is 9.26. The molecule has 106 valence electrons. The summed E-state index contributed by atoms with van der Waals surface area (Å²) >= 11 is 5.74. The van der Waals surface area contributed by atoms with Crippen molar-refractivity contribution in [2.24, 2.45) is 0 Å². The molecule has 0 aliphatic heterocycles. The fraction of sp³-hybridized carbons (Fsp3) is 0.0769. The van der Waals surface area contributed by atoms with E-state index < -0.39 is 15.8 Å². The molecule has 2 aromatic carbocycles. The van der Waals surface area contributed by atoms with Gasteiger partial charge in [-0.25, -0.2) is 12.8 Å². The Labute approximate surface area is 120 Å². The average molecular weight is 316 g/mol. The predicted molar refractivity (Wildman–Crippen MR) is 74.6 cm³/mol. The van der Waals surface area contributed by atoms with Gasteiger partial charge in [0.05, 0.1) is 11.6 Å². The summed E-state index contributed by atoms with van der Waals surface area (Å²) in [6.45, 7) is -0.128. The zero-order valence-electron chi connectivity index (χ0n) is 10.2. The Kier molecular flexibility index (Phi) is 4.27. The first-order chi connectivity index (χ1) is 9.42. The summed E-state index contributed by atoms with van der Waals surface area (Å²) in [5, 5.41) is 8.72. The number of sulfonamides is 1. The van der Waals surface area contributed by atoms with Crippen molar-refractivity contribution in [3.63, 3.8) is 0 Å². The molecule has 20 heavy (non-hydrogen) atoms. The van der Waals surface area contributed by atoms with Crippen molar-refractivity contribution in [1.82, 2.24) is 0 Å². The summed E-state index contributed by atoms with van der Waals surface area (Å²) in [6.07, 6.45) is 0. The van der Waals surface area contributed by atoms with Gasteiger partial charge in [0.1, 0.15) is 10.7 Å². The van der Waals surface area contributed by atoms with Crippen LogP contribution in [0, 0.1) is 5.82 Å². The molecule has 0 aliphatic carbocycles. The maximum absolute atomic E-state index is 12.9. The third-order valence-corrected chi connectivity index (χ3v) is 4.44. The van der Waals surface area contributed by atoms with Crippen LogP contribution in [-0.2, 0) is 16.6 Å². The summed E-state index contributed by atoms with van der Waals surface area (Å²) < 4.78 is 39.5. The first-order valence-corrected chi connectivity index (χ1v) is 7.46. The van der Waals surface area contributed by atoms with Gasteiger partial charge >= 0.3 is 0 Å². The number of aliphatic hydroxyl groups is 1. The second-order valence-electron chi connectivity index (χ2n) is 4.04. The van der Waals surface area contributed by atoms with E-state index in [1.54, 1.807) is 12.1 Å². The number of anilines is 1. The minimum atomic E-state index is -3.89. The third kappa shape index (κ3) is 3.27. The van der Waals surface area contributed by atoms with Crippen LogP contribution in [0.3, 0.4) is 0 Å². The fourth-order valence-corrected chi connectivity index (χ4v) is 3.17. The first-order valence-electron chi connectivity index (χ1n) is 5.60. The fourth-order valence-electron chi connectivity index (χ4n) is 1.58. The van der Waals surface area contributed by atoms with Crippen LogP contribution in [0.4, 0.5) is 10.1 Å². The van der Waals surface area contributed by atoms with Crippen LogP contribution >= 0.6 is 11.6 Å². The van der Waals surface area contributed by atoms with Crippen molar-refractivity contribution >= 4 is 27.3 Å². The van der Waals surface area contributed by atoms with Crippen LogP contribution in [0.1, 0.15) is 5.56 Å². The second-order valence-corrected chi connectivity index (χ2v) is 6.09. The van der Waals surface area contributed by atoms with Gasteiger partial charge in [0.15, 0.2) is 0 Å². The molecule has 4 nitrogen and oxygen atoms in total. The summed E-state index contributed by atoms with van der Waals surface area (Å²) in [5.41, 5.74) is 0.982. The molecule has 0 saturated heterocycles. The molecule has 0 aromatic heterocycles. The smallest absolute Gasteiger partial charge is 0.263 e. The molecule has 0 spiro atoms. The highest BCUT2D eigenvalue weighted by molar-refractivity contribution is 7.92. The van der Waals surface area contributed by atoms with Gasteiger partial charge < -0.3 is 5.11 Å². The number of halogens is 2. The lowest BCUT2D eigenvalue weighted by Crippen LogP contribution is -2.13. The first kappa shape index (κ1) is 14.8. The zero-order chi connectivity index (χ0) is 14.8. The number of hydrogen-bond donors (Lipinski definition) is 2.